The summed E-state index contributed by atoms with van der Waals surface area (Å²) in [6.07, 6.45) is -0.127. The van der Waals surface area contributed by atoms with Gasteiger partial charge in [-0.3, -0.25) is 0 Å². The number of ether oxygens (including phenoxy) is 1. The first kappa shape index (κ1) is 16.1. The number of carbonyl (C=O) groups excluding carboxylic acids is 1. The summed E-state index contributed by atoms with van der Waals surface area (Å²) in [4.78, 5) is 16.5. The van der Waals surface area contributed by atoms with Crippen LogP contribution in [0.2, 0.25) is 0 Å². The zero-order valence-corrected chi connectivity index (χ0v) is 12.5. The summed E-state index contributed by atoms with van der Waals surface area (Å²) in [7, 11) is 0. The van der Waals surface area contributed by atoms with Gasteiger partial charge in [-0.1, -0.05) is 35.4 Å². The van der Waals surface area contributed by atoms with Gasteiger partial charge in [0, 0.05) is 11.0 Å². The van der Waals surface area contributed by atoms with Crippen LogP contribution in [0.1, 0.15) is 25.3 Å². The highest BCUT2D eigenvalue weighted by Gasteiger charge is 2.32. The van der Waals surface area contributed by atoms with E-state index in [1.54, 1.807) is 0 Å². The summed E-state index contributed by atoms with van der Waals surface area (Å²) in [6, 6.07) is 8.85. The number of β-amino-alcohol motifs (C(OH)–C–C–N with tert-alkyl or cyclic N) is 1. The number of hydrogen-bond acceptors (Lipinski definition) is 4. The number of aliphatic hydroxyl groups excluding tert-OH is 1. The number of hydrogen-bond donors (Lipinski definition) is 1. The van der Waals surface area contributed by atoms with E-state index < -0.39 is 18.2 Å². The molecule has 22 heavy (non-hydrogen) atoms. The van der Waals surface area contributed by atoms with Gasteiger partial charge in [-0.05, 0) is 30.9 Å². The van der Waals surface area contributed by atoms with Crippen LogP contribution in [0.3, 0.4) is 0 Å². The van der Waals surface area contributed by atoms with E-state index >= 15 is 0 Å². The second-order valence-corrected chi connectivity index (χ2v) is 5.46. The molecule has 0 bridgehead atoms. The molecule has 1 N–H and O–H groups in total. The van der Waals surface area contributed by atoms with Crippen LogP contribution in [0.4, 0.5) is 4.79 Å². The Bertz CT molecular complexity index is 545. The maximum atomic E-state index is 12.2. The largest absolute Gasteiger partial charge is 0.445 e. The summed E-state index contributed by atoms with van der Waals surface area (Å²) in [5, 5.41) is 13.7. The van der Waals surface area contributed by atoms with Crippen molar-refractivity contribution in [3.8, 4) is 0 Å². The lowest BCUT2D eigenvalue weighted by Crippen LogP contribution is -2.43. The standard InChI is InChI=1S/C15H20N4O3/c1-11-7-8-13(17-18-16)14(20)9-19(11)15(21)22-10-12-5-3-2-4-6-12/h2-6,11,13-14,20H,7-10H2,1H3. The monoisotopic (exact) mass is 304 g/mol. The zero-order valence-electron chi connectivity index (χ0n) is 12.5. The minimum Gasteiger partial charge on any atom is -0.445 e. The molecule has 1 aliphatic heterocycles. The number of aliphatic hydroxyl groups is 1. The summed E-state index contributed by atoms with van der Waals surface area (Å²) in [6.45, 7) is 2.20. The molecule has 3 unspecified atom stereocenters. The highest BCUT2D eigenvalue weighted by Crippen LogP contribution is 2.21. The number of amides is 1. The third-order valence-electron chi connectivity index (χ3n) is 3.88. The normalized spacial score (nSPS) is 25.0. The van der Waals surface area contributed by atoms with Crippen molar-refractivity contribution in [2.24, 2.45) is 5.11 Å². The quantitative estimate of drug-likeness (QED) is 0.528. The molecule has 1 amide bonds. The van der Waals surface area contributed by atoms with Gasteiger partial charge in [-0.25, -0.2) is 4.79 Å². The summed E-state index contributed by atoms with van der Waals surface area (Å²) < 4.78 is 5.31. The number of rotatable bonds is 3. The van der Waals surface area contributed by atoms with Gasteiger partial charge in [0.2, 0.25) is 0 Å². The van der Waals surface area contributed by atoms with Gasteiger partial charge >= 0.3 is 6.09 Å². The van der Waals surface area contributed by atoms with Crippen molar-refractivity contribution in [3.63, 3.8) is 0 Å². The zero-order chi connectivity index (χ0) is 15.9. The molecule has 0 aliphatic carbocycles. The SMILES string of the molecule is CC1CCC(N=[N+]=[N-])C(O)CN1C(=O)OCc1ccccc1. The molecule has 7 heteroatoms. The first-order valence-corrected chi connectivity index (χ1v) is 7.31. The van der Waals surface area contributed by atoms with Gasteiger partial charge in [-0.15, -0.1) is 0 Å². The van der Waals surface area contributed by atoms with Crippen LogP contribution in [-0.2, 0) is 11.3 Å². The van der Waals surface area contributed by atoms with Gasteiger partial charge in [-0.2, -0.15) is 0 Å². The van der Waals surface area contributed by atoms with Gasteiger partial charge in [0.15, 0.2) is 0 Å². The number of carbonyl (C=O) groups is 1. The van der Waals surface area contributed by atoms with E-state index in [0.717, 1.165) is 5.56 Å². The highest BCUT2D eigenvalue weighted by molar-refractivity contribution is 5.68. The lowest BCUT2D eigenvalue weighted by Gasteiger charge is -2.27. The van der Waals surface area contributed by atoms with E-state index in [4.69, 9.17) is 10.3 Å². The predicted molar refractivity (Wildman–Crippen MR) is 81.0 cm³/mol. The Morgan fingerprint density at radius 2 is 2.18 bits per heavy atom. The fourth-order valence-corrected chi connectivity index (χ4v) is 2.52. The molecule has 3 atom stereocenters. The van der Waals surface area contributed by atoms with E-state index in [-0.39, 0.29) is 19.2 Å². The number of nitrogens with zero attached hydrogens (tertiary/aromatic N) is 4. The van der Waals surface area contributed by atoms with E-state index in [9.17, 15) is 9.90 Å². The molecule has 1 aromatic rings. The van der Waals surface area contributed by atoms with Crippen LogP contribution in [0.5, 0.6) is 0 Å². The van der Waals surface area contributed by atoms with Crippen LogP contribution in [0, 0.1) is 0 Å². The van der Waals surface area contributed by atoms with Gasteiger partial charge in [0.1, 0.15) is 6.61 Å². The molecule has 1 heterocycles. The Balaban J connectivity index is 1.97. The Hall–Kier alpha value is -2.24. The van der Waals surface area contributed by atoms with Crippen LogP contribution in [-0.4, -0.2) is 40.8 Å². The second-order valence-electron chi connectivity index (χ2n) is 5.46. The first-order chi connectivity index (χ1) is 10.6. The third kappa shape index (κ3) is 4.13. The van der Waals surface area contributed by atoms with Crippen molar-refractivity contribution < 1.29 is 14.6 Å². The Labute approximate surface area is 129 Å². The molecule has 1 saturated heterocycles. The highest BCUT2D eigenvalue weighted by atomic mass is 16.6. The molecule has 2 rings (SSSR count). The van der Waals surface area contributed by atoms with E-state index in [2.05, 4.69) is 10.0 Å². The van der Waals surface area contributed by atoms with E-state index in [1.165, 1.54) is 4.90 Å². The second kappa shape index (κ2) is 7.68. The smallest absolute Gasteiger partial charge is 0.410 e. The van der Waals surface area contributed by atoms with Gasteiger partial charge in [0.05, 0.1) is 18.7 Å². The molecular formula is C15H20N4O3. The van der Waals surface area contributed by atoms with Crippen LogP contribution >= 0.6 is 0 Å². The average molecular weight is 304 g/mol. The summed E-state index contributed by atoms with van der Waals surface area (Å²) >= 11 is 0. The fourth-order valence-electron chi connectivity index (χ4n) is 2.52. The van der Waals surface area contributed by atoms with Crippen molar-refractivity contribution >= 4 is 6.09 Å². The molecule has 0 radical (unpaired) electrons. The molecule has 0 saturated carbocycles. The Morgan fingerprint density at radius 3 is 2.86 bits per heavy atom. The van der Waals surface area contributed by atoms with Crippen molar-refractivity contribution in [2.75, 3.05) is 6.54 Å². The Kier molecular flexibility index (Phi) is 5.63. The van der Waals surface area contributed by atoms with Crippen molar-refractivity contribution in [1.29, 1.82) is 0 Å². The third-order valence-corrected chi connectivity index (χ3v) is 3.88. The van der Waals surface area contributed by atoms with E-state index in [0.29, 0.717) is 12.8 Å². The van der Waals surface area contributed by atoms with Crippen molar-refractivity contribution in [3.05, 3.63) is 46.3 Å². The molecule has 118 valence electrons. The van der Waals surface area contributed by atoms with Gasteiger partial charge < -0.3 is 14.7 Å². The molecule has 1 aliphatic rings. The minimum absolute atomic E-state index is 0.0724. The van der Waals surface area contributed by atoms with Crippen LogP contribution in [0.15, 0.2) is 35.4 Å². The lowest BCUT2D eigenvalue weighted by molar-refractivity contribution is 0.0582. The predicted octanol–water partition coefficient (Wildman–Crippen LogP) is 2.85. The lowest BCUT2D eigenvalue weighted by atomic mass is 10.1. The number of likely N-dealkylation sites (tertiary alicyclic amines) is 1. The molecule has 1 aromatic carbocycles. The van der Waals surface area contributed by atoms with Crippen molar-refractivity contribution in [1.82, 2.24) is 4.90 Å². The van der Waals surface area contributed by atoms with Crippen molar-refractivity contribution in [2.45, 2.75) is 44.6 Å². The maximum absolute atomic E-state index is 12.2. The summed E-state index contributed by atoms with van der Waals surface area (Å²) in [5.41, 5.74) is 9.43. The summed E-state index contributed by atoms with van der Waals surface area (Å²) in [5.74, 6) is 0. The molecule has 0 aromatic heterocycles. The number of benzene rings is 1. The average Bonchev–Trinajstić information content (AvgIpc) is 2.67. The van der Waals surface area contributed by atoms with Crippen LogP contribution in [0.25, 0.3) is 10.4 Å². The topological polar surface area (TPSA) is 98.5 Å². The molecule has 1 fully saturated rings. The van der Waals surface area contributed by atoms with Crippen LogP contribution < -0.4 is 0 Å². The minimum atomic E-state index is -0.870. The number of azide groups is 1. The fraction of sp³-hybridized carbons (Fsp3) is 0.533. The van der Waals surface area contributed by atoms with E-state index in [1.807, 2.05) is 37.3 Å². The molecule has 0 spiro atoms. The maximum Gasteiger partial charge on any atom is 0.410 e. The molecular weight excluding hydrogens is 284 g/mol. The first-order valence-electron chi connectivity index (χ1n) is 7.31. The van der Waals surface area contributed by atoms with Gasteiger partial charge in [0.25, 0.3) is 0 Å². The molecule has 7 nitrogen and oxygen atoms in total. The Morgan fingerprint density at radius 1 is 1.45 bits per heavy atom.